The minimum Gasteiger partial charge on any atom is -0.251 e. The molecule has 0 radical (unpaired) electrons. The molecule has 0 aliphatic carbocycles. The standard InChI is InChI=1S/C5H3F9O/c6-1-3(8,9)15-5(13,14)2(7)4(10,11)12/h2H,1H2. The second-order valence-electron chi connectivity index (χ2n) is 2.34. The summed E-state index contributed by atoms with van der Waals surface area (Å²) in [5.41, 5.74) is 0. The Morgan fingerprint density at radius 2 is 1.33 bits per heavy atom. The predicted molar refractivity (Wildman–Crippen MR) is 27.9 cm³/mol. The fraction of sp³-hybridized carbons (Fsp3) is 1.00. The van der Waals surface area contributed by atoms with Gasteiger partial charge < -0.3 is 0 Å². The van der Waals surface area contributed by atoms with E-state index in [0.29, 0.717) is 0 Å². The van der Waals surface area contributed by atoms with E-state index >= 15 is 0 Å². The zero-order valence-corrected chi connectivity index (χ0v) is 6.59. The predicted octanol–water partition coefficient (Wildman–Crippen LogP) is 3.06. The van der Waals surface area contributed by atoms with Crippen molar-refractivity contribution in [1.82, 2.24) is 0 Å². The molecule has 0 rings (SSSR count). The molecule has 92 valence electrons. The minimum atomic E-state index is -6.09. The minimum absolute atomic E-state index is 2.13. The van der Waals surface area contributed by atoms with Crippen molar-refractivity contribution in [3.63, 3.8) is 0 Å². The second kappa shape index (κ2) is 4.06. The largest absolute Gasteiger partial charge is 0.428 e. The van der Waals surface area contributed by atoms with E-state index in [-0.39, 0.29) is 0 Å². The van der Waals surface area contributed by atoms with Crippen LogP contribution < -0.4 is 0 Å². The van der Waals surface area contributed by atoms with Crippen molar-refractivity contribution in [3.8, 4) is 0 Å². The quantitative estimate of drug-likeness (QED) is 0.697. The molecule has 10 heteroatoms. The number of ether oxygens (including phenoxy) is 1. The first-order valence-electron chi connectivity index (χ1n) is 3.15. The van der Waals surface area contributed by atoms with E-state index in [1.165, 1.54) is 0 Å². The van der Waals surface area contributed by atoms with E-state index in [9.17, 15) is 39.5 Å². The lowest BCUT2D eigenvalue weighted by Gasteiger charge is -2.25. The van der Waals surface area contributed by atoms with Crippen LogP contribution in [0.4, 0.5) is 39.5 Å². The van der Waals surface area contributed by atoms with Gasteiger partial charge in [-0.05, 0) is 0 Å². The lowest BCUT2D eigenvalue weighted by Crippen LogP contribution is -2.47. The summed E-state index contributed by atoms with van der Waals surface area (Å²) in [5.74, 6) is 0. The lowest BCUT2D eigenvalue weighted by molar-refractivity contribution is -0.416. The first-order chi connectivity index (χ1) is 6.42. The van der Waals surface area contributed by atoms with E-state index in [1.54, 1.807) is 0 Å². The van der Waals surface area contributed by atoms with Gasteiger partial charge in [0.2, 0.25) is 0 Å². The molecule has 1 unspecified atom stereocenters. The molecule has 0 spiro atoms. The van der Waals surface area contributed by atoms with Gasteiger partial charge in [-0.15, -0.1) is 0 Å². The molecule has 0 bridgehead atoms. The van der Waals surface area contributed by atoms with Crippen LogP contribution >= 0.6 is 0 Å². The summed E-state index contributed by atoms with van der Waals surface area (Å²) in [5, 5.41) is 0. The van der Waals surface area contributed by atoms with Gasteiger partial charge in [0, 0.05) is 0 Å². The third-order valence-corrected chi connectivity index (χ3v) is 1.02. The topological polar surface area (TPSA) is 9.23 Å². The normalized spacial score (nSPS) is 16.6. The Balaban J connectivity index is 4.69. The molecule has 0 heterocycles. The van der Waals surface area contributed by atoms with Gasteiger partial charge in [-0.3, -0.25) is 4.74 Å². The van der Waals surface area contributed by atoms with Gasteiger partial charge >= 0.3 is 18.4 Å². The Bertz CT molecular complexity index is 209. The maximum Gasteiger partial charge on any atom is 0.428 e. The number of hydrogen-bond donors (Lipinski definition) is 0. The van der Waals surface area contributed by atoms with Gasteiger partial charge in [0.25, 0.3) is 6.17 Å². The van der Waals surface area contributed by atoms with Crippen LogP contribution in [0.1, 0.15) is 0 Å². The maximum atomic E-state index is 12.0. The fourth-order valence-corrected chi connectivity index (χ4v) is 0.469. The Morgan fingerprint density at radius 1 is 0.933 bits per heavy atom. The summed E-state index contributed by atoms with van der Waals surface area (Å²) < 4.78 is 107. The molecule has 0 amide bonds. The molecule has 0 saturated heterocycles. The van der Waals surface area contributed by atoms with Crippen LogP contribution in [0.5, 0.6) is 0 Å². The Kier molecular flexibility index (Phi) is 3.88. The summed E-state index contributed by atoms with van der Waals surface area (Å²) in [4.78, 5) is 0. The van der Waals surface area contributed by atoms with Crippen LogP contribution in [0.2, 0.25) is 0 Å². The van der Waals surface area contributed by atoms with E-state index in [1.807, 2.05) is 0 Å². The summed E-state index contributed by atoms with van der Waals surface area (Å²) in [6, 6.07) is 0. The molecule has 0 aromatic rings. The highest BCUT2D eigenvalue weighted by Gasteiger charge is 2.61. The molecule has 1 nitrogen and oxygen atoms in total. The van der Waals surface area contributed by atoms with Gasteiger partial charge in [0.1, 0.15) is 0 Å². The summed E-state index contributed by atoms with van der Waals surface area (Å²) in [7, 11) is 0. The van der Waals surface area contributed by atoms with Crippen molar-refractivity contribution in [1.29, 1.82) is 0 Å². The Labute approximate surface area is 76.8 Å². The molecular formula is C5H3F9O. The Hall–Kier alpha value is -0.670. The van der Waals surface area contributed by atoms with Crippen molar-refractivity contribution in [2.45, 2.75) is 24.6 Å². The highest BCUT2D eigenvalue weighted by molar-refractivity contribution is 4.76. The van der Waals surface area contributed by atoms with Crippen LogP contribution in [0.15, 0.2) is 0 Å². The van der Waals surface area contributed by atoms with Crippen LogP contribution in [-0.2, 0) is 4.74 Å². The van der Waals surface area contributed by atoms with Crippen molar-refractivity contribution < 1.29 is 44.3 Å². The van der Waals surface area contributed by atoms with E-state index in [0.717, 1.165) is 0 Å². The number of halogens is 9. The van der Waals surface area contributed by atoms with Crippen LogP contribution in [0, 0.1) is 0 Å². The third kappa shape index (κ3) is 4.14. The monoisotopic (exact) mass is 250 g/mol. The molecule has 0 aliphatic heterocycles. The molecule has 0 saturated carbocycles. The van der Waals surface area contributed by atoms with Crippen molar-refractivity contribution in [3.05, 3.63) is 0 Å². The summed E-state index contributed by atoms with van der Waals surface area (Å²) >= 11 is 0. The maximum absolute atomic E-state index is 12.0. The summed E-state index contributed by atoms with van der Waals surface area (Å²) in [6.45, 7) is -2.80. The smallest absolute Gasteiger partial charge is 0.251 e. The molecule has 0 aromatic carbocycles. The van der Waals surface area contributed by atoms with Crippen molar-refractivity contribution in [2.75, 3.05) is 6.67 Å². The molecule has 0 aromatic heterocycles. The first-order valence-corrected chi connectivity index (χ1v) is 3.15. The molecule has 0 N–H and O–H groups in total. The van der Waals surface area contributed by atoms with E-state index < -0.39 is 31.2 Å². The van der Waals surface area contributed by atoms with Gasteiger partial charge in [-0.1, -0.05) is 0 Å². The number of hydrogen-bond acceptors (Lipinski definition) is 1. The number of rotatable bonds is 4. The highest BCUT2D eigenvalue weighted by Crippen LogP contribution is 2.38. The zero-order valence-electron chi connectivity index (χ0n) is 6.59. The van der Waals surface area contributed by atoms with Crippen molar-refractivity contribution in [2.24, 2.45) is 0 Å². The second-order valence-corrected chi connectivity index (χ2v) is 2.34. The molecule has 1 atom stereocenters. The lowest BCUT2D eigenvalue weighted by atomic mass is 10.3. The van der Waals surface area contributed by atoms with E-state index in [2.05, 4.69) is 4.74 Å². The number of alkyl halides is 9. The molecule has 0 aliphatic rings. The van der Waals surface area contributed by atoms with Gasteiger partial charge in [-0.25, -0.2) is 8.78 Å². The molecule has 15 heavy (non-hydrogen) atoms. The SMILES string of the molecule is FCC(F)(F)OC(F)(F)C(F)C(F)(F)F. The van der Waals surface area contributed by atoms with Crippen molar-refractivity contribution >= 4 is 0 Å². The van der Waals surface area contributed by atoms with Gasteiger partial charge in [-0.2, -0.15) is 30.7 Å². The van der Waals surface area contributed by atoms with Gasteiger partial charge in [0.15, 0.2) is 6.67 Å². The van der Waals surface area contributed by atoms with E-state index in [4.69, 9.17) is 0 Å². The van der Waals surface area contributed by atoms with Gasteiger partial charge in [0.05, 0.1) is 0 Å². The zero-order chi connectivity index (χ0) is 12.5. The first kappa shape index (κ1) is 14.3. The highest BCUT2D eigenvalue weighted by atomic mass is 19.4. The molecule has 0 fully saturated rings. The summed E-state index contributed by atoms with van der Waals surface area (Å²) in [6.07, 6.45) is -22.1. The van der Waals surface area contributed by atoms with Crippen LogP contribution in [-0.4, -0.2) is 31.2 Å². The fourth-order valence-electron chi connectivity index (χ4n) is 0.469. The van der Waals surface area contributed by atoms with Crippen LogP contribution in [0.25, 0.3) is 0 Å². The molecular weight excluding hydrogens is 247 g/mol. The Morgan fingerprint density at radius 3 is 1.60 bits per heavy atom. The average molecular weight is 250 g/mol. The average Bonchev–Trinajstić information content (AvgIpc) is 1.99. The third-order valence-electron chi connectivity index (χ3n) is 1.02. The van der Waals surface area contributed by atoms with Crippen LogP contribution in [0.3, 0.4) is 0 Å².